The summed E-state index contributed by atoms with van der Waals surface area (Å²) in [6, 6.07) is -0.985. The first-order chi connectivity index (χ1) is 38.8. The van der Waals surface area contributed by atoms with E-state index in [0.29, 0.717) is 12.8 Å². The molecule has 19 heteroatoms. The van der Waals surface area contributed by atoms with Crippen LogP contribution in [0.25, 0.3) is 0 Å². The first kappa shape index (κ1) is 72.5. The summed E-state index contributed by atoms with van der Waals surface area (Å²) in [5, 5.41) is 120. The summed E-state index contributed by atoms with van der Waals surface area (Å²) in [6.45, 7) is 1.72. The number of carbonyl (C=O) groups excluding carboxylic acids is 1. The lowest BCUT2D eigenvalue weighted by Gasteiger charge is -2.48. The van der Waals surface area contributed by atoms with Crippen molar-refractivity contribution >= 4 is 5.91 Å². The van der Waals surface area contributed by atoms with Crippen LogP contribution in [0, 0.1) is 0 Å². The summed E-state index contributed by atoms with van der Waals surface area (Å²) >= 11 is 0. The highest BCUT2D eigenvalue weighted by Gasteiger charge is 2.53. The molecule has 3 fully saturated rings. The Balaban J connectivity index is 1.50. The van der Waals surface area contributed by atoms with Crippen molar-refractivity contribution in [1.29, 1.82) is 0 Å². The van der Waals surface area contributed by atoms with Crippen LogP contribution in [0.15, 0.2) is 24.3 Å². The summed E-state index contributed by atoms with van der Waals surface area (Å²) in [5.41, 5.74) is 0. The number of hydrogen-bond acceptors (Lipinski definition) is 18. The van der Waals surface area contributed by atoms with Crippen LogP contribution in [0.4, 0.5) is 0 Å². The Kier molecular flexibility index (Phi) is 40.5. The van der Waals surface area contributed by atoms with Gasteiger partial charge in [0.2, 0.25) is 5.91 Å². The van der Waals surface area contributed by atoms with Gasteiger partial charge in [0, 0.05) is 6.42 Å². The quantitative estimate of drug-likeness (QED) is 0.0234. The van der Waals surface area contributed by atoms with Crippen molar-refractivity contribution < 1.29 is 89.4 Å². The average Bonchev–Trinajstić information content (AvgIpc) is 3.49. The lowest BCUT2D eigenvalue weighted by molar-refractivity contribution is -0.379. The van der Waals surface area contributed by atoms with E-state index in [2.05, 4.69) is 31.3 Å². The maximum atomic E-state index is 13.3. The van der Waals surface area contributed by atoms with Crippen LogP contribution in [0.5, 0.6) is 0 Å². The second-order valence-corrected chi connectivity index (χ2v) is 22.9. The van der Waals surface area contributed by atoms with E-state index in [4.69, 9.17) is 28.4 Å². The molecule has 0 bridgehead atoms. The monoisotopic (exact) mass is 1150 g/mol. The van der Waals surface area contributed by atoms with Crippen LogP contribution in [0.2, 0.25) is 0 Å². The minimum Gasteiger partial charge on any atom is -0.394 e. The second kappa shape index (κ2) is 44.7. The third-order valence-corrected chi connectivity index (χ3v) is 16.0. The number of aliphatic hydroxyl groups excluding tert-OH is 11. The van der Waals surface area contributed by atoms with E-state index >= 15 is 0 Å². The van der Waals surface area contributed by atoms with Crippen molar-refractivity contribution in [2.24, 2.45) is 0 Å². The smallest absolute Gasteiger partial charge is 0.220 e. The van der Waals surface area contributed by atoms with Crippen molar-refractivity contribution in [3.63, 3.8) is 0 Å². The molecule has 12 N–H and O–H groups in total. The molecule has 3 aliphatic heterocycles. The summed E-state index contributed by atoms with van der Waals surface area (Å²) in [6.07, 6.45) is 20.1. The van der Waals surface area contributed by atoms with E-state index in [1.807, 2.05) is 6.08 Å². The molecular formula is C61H113NO18. The molecule has 17 unspecified atom stereocenters. The van der Waals surface area contributed by atoms with E-state index in [-0.39, 0.29) is 18.9 Å². The van der Waals surface area contributed by atoms with Crippen LogP contribution < -0.4 is 5.32 Å². The number of aliphatic hydroxyl groups is 11. The molecule has 0 aromatic carbocycles. The van der Waals surface area contributed by atoms with Gasteiger partial charge >= 0.3 is 0 Å². The molecule has 0 aliphatic carbocycles. The fourth-order valence-electron chi connectivity index (χ4n) is 10.8. The van der Waals surface area contributed by atoms with Gasteiger partial charge in [-0.2, -0.15) is 0 Å². The van der Waals surface area contributed by atoms with Crippen molar-refractivity contribution in [3.8, 4) is 0 Å². The van der Waals surface area contributed by atoms with E-state index in [1.165, 1.54) is 154 Å². The topological polar surface area (TPSA) is 307 Å². The number of rotatable bonds is 47. The van der Waals surface area contributed by atoms with Crippen molar-refractivity contribution in [3.05, 3.63) is 24.3 Å². The van der Waals surface area contributed by atoms with Gasteiger partial charge in [0.15, 0.2) is 18.9 Å². The Morgan fingerprint density at radius 1 is 0.438 bits per heavy atom. The third-order valence-electron chi connectivity index (χ3n) is 16.0. The fraction of sp³-hybridized carbons (Fsp3) is 0.918. The summed E-state index contributed by atoms with van der Waals surface area (Å²) in [5.74, 6) is -0.283. The highest BCUT2D eigenvalue weighted by atomic mass is 16.8. The van der Waals surface area contributed by atoms with E-state index in [1.54, 1.807) is 6.08 Å². The minimum atomic E-state index is -1.98. The number of ether oxygens (including phenoxy) is 6. The number of amides is 1. The van der Waals surface area contributed by atoms with Gasteiger partial charge in [-0.15, -0.1) is 0 Å². The molecule has 0 radical (unpaired) electrons. The highest BCUT2D eigenvalue weighted by molar-refractivity contribution is 5.76. The summed E-state index contributed by atoms with van der Waals surface area (Å²) < 4.78 is 34.3. The Morgan fingerprint density at radius 2 is 0.800 bits per heavy atom. The Morgan fingerprint density at radius 3 is 1.25 bits per heavy atom. The number of unbranched alkanes of at least 4 members (excludes halogenated alkanes) is 29. The first-order valence-electron chi connectivity index (χ1n) is 31.6. The van der Waals surface area contributed by atoms with Crippen molar-refractivity contribution in [2.45, 2.75) is 330 Å². The molecule has 0 aromatic rings. The van der Waals surface area contributed by atoms with Gasteiger partial charge in [0.1, 0.15) is 73.2 Å². The van der Waals surface area contributed by atoms with Crippen LogP contribution in [0.3, 0.4) is 0 Å². The molecule has 0 spiro atoms. The molecule has 0 saturated carbocycles. The maximum absolute atomic E-state index is 13.3. The van der Waals surface area contributed by atoms with Crippen molar-refractivity contribution in [1.82, 2.24) is 5.32 Å². The zero-order valence-electron chi connectivity index (χ0n) is 49.1. The Bertz CT molecular complexity index is 1560. The predicted molar refractivity (Wildman–Crippen MR) is 305 cm³/mol. The number of nitrogens with one attached hydrogen (secondary N) is 1. The number of allylic oxidation sites excluding steroid dienone is 3. The molecule has 470 valence electrons. The zero-order valence-corrected chi connectivity index (χ0v) is 49.1. The van der Waals surface area contributed by atoms with Crippen molar-refractivity contribution in [2.75, 3.05) is 26.4 Å². The molecule has 0 aromatic heterocycles. The van der Waals surface area contributed by atoms with Gasteiger partial charge in [-0.3, -0.25) is 4.79 Å². The first-order valence-corrected chi connectivity index (χ1v) is 31.6. The van der Waals surface area contributed by atoms with Gasteiger partial charge in [-0.25, -0.2) is 0 Å². The Hall–Kier alpha value is -1.73. The maximum Gasteiger partial charge on any atom is 0.220 e. The fourth-order valence-corrected chi connectivity index (χ4v) is 10.8. The largest absolute Gasteiger partial charge is 0.394 e. The van der Waals surface area contributed by atoms with E-state index < -0.39 is 124 Å². The normalized spacial score (nSPS) is 30.1. The molecule has 19 nitrogen and oxygen atoms in total. The second-order valence-electron chi connectivity index (χ2n) is 22.9. The van der Waals surface area contributed by atoms with E-state index in [9.17, 15) is 61.0 Å². The standard InChI is InChI=1S/C61H113NO18/c1-3-5-7-9-11-13-15-17-19-20-21-22-23-25-26-28-30-32-34-36-38-45(66)44(62-49(67)39-37-35-33-31-29-27-24-18-16-14-12-10-8-6-4-2)43-75-59-55(73)52(70)57(47(41-64)77-59)80-61-56(74)53(71)58(48(42-65)78-61)79-60-54(72)51(69)50(68)46(40-63)76-60/h28,30,36,38,44-48,50-61,63-66,68-74H,3-27,29,31-35,37,39-43H2,1-2H3,(H,62,67)/b30-28+,38-36+. The SMILES string of the molecule is CCCCCCCCCCCCCCCC/C=C/CC/C=C/C(O)C(COC1OC(CO)C(OC2OC(CO)C(OC3OC(CO)C(O)C(O)C3O)C(O)C2O)C(O)C1O)NC(=O)CCCCCCCCCCCCCCCCC. The van der Waals surface area contributed by atoms with E-state index in [0.717, 1.165) is 38.5 Å². The highest BCUT2D eigenvalue weighted by Crippen LogP contribution is 2.33. The predicted octanol–water partition coefficient (Wildman–Crippen LogP) is 6.32. The molecule has 80 heavy (non-hydrogen) atoms. The summed E-state index contributed by atoms with van der Waals surface area (Å²) in [4.78, 5) is 13.3. The number of carbonyl (C=O) groups is 1. The van der Waals surface area contributed by atoms with Crippen LogP contribution >= 0.6 is 0 Å². The lowest BCUT2D eigenvalue weighted by atomic mass is 9.96. The lowest BCUT2D eigenvalue weighted by Crippen LogP contribution is -2.66. The van der Waals surface area contributed by atoms with Crippen LogP contribution in [-0.2, 0) is 33.2 Å². The molecule has 1 amide bonds. The molecule has 17 atom stereocenters. The zero-order chi connectivity index (χ0) is 58.3. The van der Waals surface area contributed by atoms with Gasteiger partial charge in [0.25, 0.3) is 0 Å². The molecular weight excluding hydrogens is 1030 g/mol. The number of hydrogen-bond donors (Lipinski definition) is 12. The Labute approximate surface area is 479 Å². The third kappa shape index (κ3) is 28.0. The van der Waals surface area contributed by atoms with Gasteiger partial charge in [-0.1, -0.05) is 212 Å². The molecule has 3 heterocycles. The van der Waals surface area contributed by atoms with Crippen LogP contribution in [-0.4, -0.2) is 193 Å². The van der Waals surface area contributed by atoms with Gasteiger partial charge in [-0.05, 0) is 32.1 Å². The molecule has 3 rings (SSSR count). The van der Waals surface area contributed by atoms with Crippen LogP contribution in [0.1, 0.15) is 226 Å². The molecule has 3 aliphatic rings. The minimum absolute atomic E-state index is 0.240. The average molecular weight is 1150 g/mol. The summed E-state index contributed by atoms with van der Waals surface area (Å²) in [7, 11) is 0. The van der Waals surface area contributed by atoms with Gasteiger partial charge < -0.3 is 89.9 Å². The molecule has 3 saturated heterocycles. The van der Waals surface area contributed by atoms with Gasteiger partial charge in [0.05, 0.1) is 38.6 Å².